The Bertz CT molecular complexity index is 1080. The van der Waals surface area contributed by atoms with E-state index in [1.165, 1.54) is 23.1 Å². The molecule has 2 amide bonds. The first kappa shape index (κ1) is 24.2. The maximum atomic E-state index is 13.3. The van der Waals surface area contributed by atoms with Crippen molar-refractivity contribution >= 4 is 17.4 Å². The van der Waals surface area contributed by atoms with Gasteiger partial charge in [-0.2, -0.15) is 31.6 Å². The molecule has 1 aliphatic heterocycles. The van der Waals surface area contributed by atoms with E-state index in [1.54, 1.807) is 18.7 Å². The van der Waals surface area contributed by atoms with Crippen molar-refractivity contribution in [3.63, 3.8) is 0 Å². The molecule has 0 radical (unpaired) electrons. The fourth-order valence-electron chi connectivity index (χ4n) is 3.67. The van der Waals surface area contributed by atoms with Crippen molar-refractivity contribution in [3.8, 4) is 6.07 Å². The predicted octanol–water partition coefficient (Wildman–Crippen LogP) is 5.12. The number of nitrogens with one attached hydrogen (secondary N) is 1. The Morgan fingerprint density at radius 3 is 2.36 bits per heavy atom. The zero-order chi connectivity index (χ0) is 24.6. The van der Waals surface area contributed by atoms with Crippen molar-refractivity contribution in [3.05, 3.63) is 53.3 Å². The molecule has 1 aromatic heterocycles. The Labute approximate surface area is 185 Å². The lowest BCUT2D eigenvalue weighted by molar-refractivity contribution is -0.141. The highest BCUT2D eigenvalue weighted by Gasteiger charge is 2.37. The third-order valence-electron chi connectivity index (χ3n) is 5.31. The van der Waals surface area contributed by atoms with Gasteiger partial charge < -0.3 is 15.1 Å². The van der Waals surface area contributed by atoms with E-state index in [1.807, 2.05) is 0 Å². The summed E-state index contributed by atoms with van der Waals surface area (Å²) in [5, 5.41) is 11.4. The van der Waals surface area contributed by atoms with Crippen LogP contribution in [0.25, 0.3) is 0 Å². The summed E-state index contributed by atoms with van der Waals surface area (Å²) >= 11 is 0. The Morgan fingerprint density at radius 2 is 1.76 bits per heavy atom. The first-order valence-electron chi connectivity index (χ1n) is 9.80. The van der Waals surface area contributed by atoms with Crippen LogP contribution in [0.15, 0.2) is 36.5 Å². The smallest absolute Gasteiger partial charge is 0.365 e. The number of urea groups is 1. The van der Waals surface area contributed by atoms with Gasteiger partial charge in [-0.25, -0.2) is 4.79 Å². The summed E-state index contributed by atoms with van der Waals surface area (Å²) in [7, 11) is 0. The van der Waals surface area contributed by atoms with Crippen molar-refractivity contribution in [2.45, 2.75) is 38.3 Å². The number of piperazine rings is 1. The molecule has 6 nitrogen and oxygen atoms in total. The highest BCUT2D eigenvalue weighted by atomic mass is 19.4. The standard InChI is InChI=1S/C21H19F6N5O/c1-12-11-32(19(33)30-15-5-6-29-18(7-15)21(25,26)27)13(2)10-31(12)16-4-3-14(9-28)17(8-16)20(22,23)24/h3-8,12-13H,10-11H2,1-2H3,(H,29,30,33)/t12-,13+/m0/s1. The van der Waals surface area contributed by atoms with Crippen molar-refractivity contribution < 1.29 is 31.1 Å². The van der Waals surface area contributed by atoms with E-state index in [2.05, 4.69) is 10.3 Å². The maximum absolute atomic E-state index is 13.3. The highest BCUT2D eigenvalue weighted by molar-refractivity contribution is 5.89. The number of hydrogen-bond donors (Lipinski definition) is 1. The van der Waals surface area contributed by atoms with Crippen LogP contribution in [0.5, 0.6) is 0 Å². The van der Waals surface area contributed by atoms with Crippen LogP contribution < -0.4 is 10.2 Å². The number of nitriles is 1. The topological polar surface area (TPSA) is 72.3 Å². The van der Waals surface area contributed by atoms with Gasteiger partial charge in [-0.1, -0.05) is 0 Å². The van der Waals surface area contributed by atoms with E-state index >= 15 is 0 Å². The predicted molar refractivity (Wildman–Crippen MR) is 107 cm³/mol. The molecule has 1 saturated heterocycles. The number of aromatic nitrogens is 1. The van der Waals surface area contributed by atoms with Gasteiger partial charge in [0.2, 0.25) is 0 Å². The lowest BCUT2D eigenvalue weighted by Gasteiger charge is -2.45. The SMILES string of the molecule is C[C@@H]1CN(c2ccc(C#N)c(C(F)(F)F)c2)[C@@H](C)CN1C(=O)Nc1ccnc(C(F)(F)F)c1. The number of amides is 2. The normalized spacial score (nSPS) is 19.2. The van der Waals surface area contributed by atoms with E-state index in [4.69, 9.17) is 5.26 Å². The number of alkyl halides is 6. The molecule has 2 heterocycles. The van der Waals surface area contributed by atoms with Gasteiger partial charge in [0.1, 0.15) is 5.69 Å². The number of carbonyl (C=O) groups is 1. The lowest BCUT2D eigenvalue weighted by atomic mass is 10.0. The number of pyridine rings is 1. The molecular formula is C21H19F6N5O. The summed E-state index contributed by atoms with van der Waals surface area (Å²) in [5.41, 5.74) is -2.50. The summed E-state index contributed by atoms with van der Waals surface area (Å²) in [5.74, 6) is 0. The number of rotatable bonds is 2. The monoisotopic (exact) mass is 471 g/mol. The molecule has 1 aliphatic rings. The lowest BCUT2D eigenvalue weighted by Crippen LogP contribution is -2.59. The van der Waals surface area contributed by atoms with Gasteiger partial charge in [0.25, 0.3) is 0 Å². The Kier molecular flexibility index (Phi) is 6.44. The second-order valence-electron chi connectivity index (χ2n) is 7.70. The quantitative estimate of drug-likeness (QED) is 0.617. The van der Waals surface area contributed by atoms with Crippen molar-refractivity contribution in [2.24, 2.45) is 0 Å². The molecule has 33 heavy (non-hydrogen) atoms. The third-order valence-corrected chi connectivity index (χ3v) is 5.31. The van der Waals surface area contributed by atoms with Crippen LogP contribution in [0.4, 0.5) is 42.5 Å². The number of halogens is 6. The van der Waals surface area contributed by atoms with Gasteiger partial charge in [-0.3, -0.25) is 4.98 Å². The minimum Gasteiger partial charge on any atom is -0.365 e. The van der Waals surface area contributed by atoms with Gasteiger partial charge in [0, 0.05) is 42.7 Å². The summed E-state index contributed by atoms with van der Waals surface area (Å²) in [6.07, 6.45) is -8.42. The van der Waals surface area contributed by atoms with E-state index < -0.39 is 47.3 Å². The van der Waals surface area contributed by atoms with Gasteiger partial charge in [-0.15, -0.1) is 0 Å². The first-order chi connectivity index (χ1) is 15.3. The Hall–Kier alpha value is -3.49. The van der Waals surface area contributed by atoms with Crippen LogP contribution in [0.3, 0.4) is 0 Å². The first-order valence-corrected chi connectivity index (χ1v) is 9.80. The van der Waals surface area contributed by atoms with Gasteiger partial charge in [0.15, 0.2) is 0 Å². The zero-order valence-corrected chi connectivity index (χ0v) is 17.5. The fraction of sp³-hybridized carbons (Fsp3) is 0.381. The average molecular weight is 471 g/mol. The molecule has 1 N–H and O–H groups in total. The Morgan fingerprint density at radius 1 is 1.06 bits per heavy atom. The van der Waals surface area contributed by atoms with Crippen LogP contribution in [-0.4, -0.2) is 41.1 Å². The summed E-state index contributed by atoms with van der Waals surface area (Å²) in [6, 6.07) is 5.42. The van der Waals surface area contributed by atoms with Crippen LogP contribution in [0, 0.1) is 11.3 Å². The van der Waals surface area contributed by atoms with Crippen molar-refractivity contribution in [2.75, 3.05) is 23.3 Å². The molecule has 2 aromatic rings. The van der Waals surface area contributed by atoms with Crippen LogP contribution in [0.1, 0.15) is 30.7 Å². The van der Waals surface area contributed by atoms with E-state index in [-0.39, 0.29) is 24.5 Å². The molecule has 1 fully saturated rings. The van der Waals surface area contributed by atoms with Gasteiger partial charge in [0.05, 0.1) is 17.2 Å². The van der Waals surface area contributed by atoms with E-state index in [0.29, 0.717) is 0 Å². The molecule has 12 heteroatoms. The molecule has 0 unspecified atom stereocenters. The molecule has 2 atom stereocenters. The second-order valence-corrected chi connectivity index (χ2v) is 7.70. The second kappa shape index (κ2) is 8.80. The van der Waals surface area contributed by atoms with Crippen molar-refractivity contribution in [1.82, 2.24) is 9.88 Å². The number of anilines is 2. The third kappa shape index (κ3) is 5.30. The number of hydrogen-bond acceptors (Lipinski definition) is 4. The van der Waals surface area contributed by atoms with E-state index in [0.717, 1.165) is 24.4 Å². The molecule has 3 rings (SSSR count). The number of nitrogens with zero attached hydrogens (tertiary/aromatic N) is 4. The molecule has 1 aromatic carbocycles. The number of benzene rings is 1. The van der Waals surface area contributed by atoms with Crippen LogP contribution in [-0.2, 0) is 12.4 Å². The van der Waals surface area contributed by atoms with Crippen LogP contribution in [0.2, 0.25) is 0 Å². The van der Waals surface area contributed by atoms with Gasteiger partial charge >= 0.3 is 18.4 Å². The molecule has 0 bridgehead atoms. The average Bonchev–Trinajstić information content (AvgIpc) is 2.73. The number of carbonyl (C=O) groups excluding carboxylic acids is 1. The minimum absolute atomic E-state index is 0.0773. The van der Waals surface area contributed by atoms with Crippen LogP contribution >= 0.6 is 0 Å². The molecule has 176 valence electrons. The molecule has 0 saturated carbocycles. The maximum Gasteiger partial charge on any atom is 0.433 e. The van der Waals surface area contributed by atoms with Gasteiger partial charge in [-0.05, 0) is 44.2 Å². The molecule has 0 spiro atoms. The summed E-state index contributed by atoms with van der Waals surface area (Å²) < 4.78 is 78.5. The Balaban J connectivity index is 1.77. The summed E-state index contributed by atoms with van der Waals surface area (Å²) in [6.45, 7) is 3.69. The molecule has 0 aliphatic carbocycles. The summed E-state index contributed by atoms with van der Waals surface area (Å²) in [4.78, 5) is 19.0. The highest BCUT2D eigenvalue weighted by Crippen LogP contribution is 2.36. The van der Waals surface area contributed by atoms with Crippen molar-refractivity contribution in [1.29, 1.82) is 5.26 Å². The van der Waals surface area contributed by atoms with E-state index in [9.17, 15) is 31.1 Å². The zero-order valence-electron chi connectivity index (χ0n) is 17.5. The fourth-order valence-corrected chi connectivity index (χ4v) is 3.67. The largest absolute Gasteiger partial charge is 0.433 e. The minimum atomic E-state index is -4.70. The molecular weight excluding hydrogens is 452 g/mol.